The molecule has 3 heterocycles. The van der Waals surface area contributed by atoms with E-state index in [1.165, 1.54) is 0 Å². The summed E-state index contributed by atoms with van der Waals surface area (Å²) < 4.78 is 0. The minimum Gasteiger partial charge on any atom is -0.384 e. The molecule has 0 spiro atoms. The molecular weight excluding hydrogens is 314 g/mol. The van der Waals surface area contributed by atoms with Gasteiger partial charge in [-0.25, -0.2) is 15.0 Å². The second-order valence-corrected chi connectivity index (χ2v) is 6.37. The first-order valence-corrected chi connectivity index (χ1v) is 8.55. The number of hydrogen-bond acceptors (Lipinski definition) is 7. The van der Waals surface area contributed by atoms with E-state index in [4.69, 9.17) is 5.73 Å². The normalized spacial score (nSPS) is 18.0. The largest absolute Gasteiger partial charge is 0.384 e. The number of pyridine rings is 1. The summed E-state index contributed by atoms with van der Waals surface area (Å²) in [5.41, 5.74) is 6.38. The summed E-state index contributed by atoms with van der Waals surface area (Å²) >= 11 is 0. The third-order valence-corrected chi connectivity index (χ3v) is 4.65. The number of aromatic nitrogens is 3. The molecule has 1 atom stereocenters. The Bertz CT molecular complexity index is 755. The maximum absolute atomic E-state index is 9.30. The number of nitrogen functional groups attached to an aromatic ring is 1. The first-order valence-electron chi connectivity index (χ1n) is 8.55. The summed E-state index contributed by atoms with van der Waals surface area (Å²) in [6.45, 7) is 2.49. The molecular formula is C18H23N7. The van der Waals surface area contributed by atoms with Gasteiger partial charge in [-0.05, 0) is 44.5 Å². The van der Waals surface area contributed by atoms with Gasteiger partial charge in [0.1, 0.15) is 23.5 Å². The average molecular weight is 337 g/mol. The Kier molecular flexibility index (Phi) is 5.41. The van der Waals surface area contributed by atoms with Crippen LogP contribution >= 0.6 is 0 Å². The van der Waals surface area contributed by atoms with Crippen molar-refractivity contribution < 1.29 is 0 Å². The van der Waals surface area contributed by atoms with Crippen LogP contribution in [0.1, 0.15) is 30.7 Å². The van der Waals surface area contributed by atoms with Crippen molar-refractivity contribution >= 4 is 11.6 Å². The van der Waals surface area contributed by atoms with E-state index >= 15 is 0 Å². The molecule has 0 aliphatic carbocycles. The van der Waals surface area contributed by atoms with Crippen molar-refractivity contribution in [2.24, 2.45) is 0 Å². The maximum Gasteiger partial charge on any atom is 0.146 e. The van der Waals surface area contributed by atoms with Crippen LogP contribution in [0.15, 0.2) is 30.6 Å². The molecule has 0 amide bonds. The Labute approximate surface area is 148 Å². The lowest BCUT2D eigenvalue weighted by atomic mass is 10.1. The topological polar surface area (TPSA) is 95.0 Å². The molecule has 1 fully saturated rings. The predicted octanol–water partition coefficient (Wildman–Crippen LogP) is 1.82. The van der Waals surface area contributed by atoms with Crippen molar-refractivity contribution in [3.05, 3.63) is 42.0 Å². The molecule has 0 bridgehead atoms. The molecule has 1 aliphatic rings. The molecule has 2 aromatic rings. The quantitative estimate of drug-likeness (QED) is 0.909. The van der Waals surface area contributed by atoms with Crippen LogP contribution in [-0.2, 0) is 6.54 Å². The number of nitrogens with two attached hydrogens (primary N) is 1. The van der Waals surface area contributed by atoms with Gasteiger partial charge >= 0.3 is 0 Å². The lowest BCUT2D eigenvalue weighted by molar-refractivity contribution is 0.212. The highest BCUT2D eigenvalue weighted by atomic mass is 15.2. The second kappa shape index (κ2) is 7.90. The fraction of sp³-hybridized carbons (Fsp3) is 0.444. The zero-order chi connectivity index (χ0) is 17.6. The Balaban J connectivity index is 1.64. The number of anilines is 2. The molecule has 1 aliphatic heterocycles. The van der Waals surface area contributed by atoms with Gasteiger partial charge in [0.2, 0.25) is 0 Å². The second-order valence-electron chi connectivity index (χ2n) is 6.37. The highest BCUT2D eigenvalue weighted by Crippen LogP contribution is 2.23. The van der Waals surface area contributed by atoms with Crippen LogP contribution in [0.3, 0.4) is 0 Å². The molecule has 1 saturated heterocycles. The molecule has 2 N–H and O–H groups in total. The molecule has 130 valence electrons. The summed E-state index contributed by atoms with van der Waals surface area (Å²) in [6.07, 6.45) is 6.63. The van der Waals surface area contributed by atoms with Crippen molar-refractivity contribution in [3.8, 4) is 6.07 Å². The first kappa shape index (κ1) is 17.1. The fourth-order valence-corrected chi connectivity index (χ4v) is 3.31. The Hall–Kier alpha value is -2.72. The summed E-state index contributed by atoms with van der Waals surface area (Å²) in [6, 6.07) is 8.03. The van der Waals surface area contributed by atoms with Crippen LogP contribution in [-0.4, -0.2) is 46.0 Å². The molecule has 0 saturated carbocycles. The number of nitrogens with zero attached hydrogens (tertiary/aromatic N) is 6. The number of rotatable bonds is 4. The van der Waals surface area contributed by atoms with E-state index in [1.807, 2.05) is 12.1 Å². The molecule has 0 aromatic carbocycles. The van der Waals surface area contributed by atoms with Gasteiger partial charge < -0.3 is 10.6 Å². The lowest BCUT2D eigenvalue weighted by Crippen LogP contribution is -2.33. The minimum atomic E-state index is 0.448. The summed E-state index contributed by atoms with van der Waals surface area (Å²) in [5.74, 6) is 2.05. The van der Waals surface area contributed by atoms with E-state index in [0.29, 0.717) is 24.0 Å². The van der Waals surface area contributed by atoms with Gasteiger partial charge in [0.15, 0.2) is 0 Å². The molecule has 3 rings (SSSR count). The standard InChI is InChI=1S/C18H23N7/c1-24(13-17-21-9-6-16(20)23-17)15-5-3-10-25(11-7-15)18-14(12-19)4-2-8-22-18/h2,4,6,8-9,15H,3,5,7,10-11,13H2,1H3,(H2,20,21,23)/t15-/m0/s1. The highest BCUT2D eigenvalue weighted by molar-refractivity contribution is 5.53. The summed E-state index contributed by atoms with van der Waals surface area (Å²) in [4.78, 5) is 17.5. The van der Waals surface area contributed by atoms with E-state index in [1.54, 1.807) is 18.5 Å². The zero-order valence-electron chi connectivity index (χ0n) is 14.5. The van der Waals surface area contributed by atoms with E-state index in [-0.39, 0.29) is 0 Å². The summed E-state index contributed by atoms with van der Waals surface area (Å²) in [7, 11) is 2.11. The number of hydrogen-bond donors (Lipinski definition) is 1. The summed E-state index contributed by atoms with van der Waals surface area (Å²) in [5, 5.41) is 9.30. The van der Waals surface area contributed by atoms with Crippen molar-refractivity contribution in [1.82, 2.24) is 19.9 Å². The molecule has 2 aromatic heterocycles. The maximum atomic E-state index is 9.30. The van der Waals surface area contributed by atoms with Crippen molar-refractivity contribution in [1.29, 1.82) is 5.26 Å². The van der Waals surface area contributed by atoms with Crippen LogP contribution in [0.25, 0.3) is 0 Å². The third kappa shape index (κ3) is 4.22. The van der Waals surface area contributed by atoms with Gasteiger partial charge in [-0.1, -0.05) is 0 Å². The molecule has 7 heteroatoms. The zero-order valence-corrected chi connectivity index (χ0v) is 14.5. The predicted molar refractivity (Wildman–Crippen MR) is 96.7 cm³/mol. The Morgan fingerprint density at radius 3 is 2.96 bits per heavy atom. The SMILES string of the molecule is CN(Cc1nccc(N)n1)[C@H]1CCCN(c2ncccc2C#N)CC1. The Morgan fingerprint density at radius 1 is 1.28 bits per heavy atom. The van der Waals surface area contributed by atoms with Crippen LogP contribution in [0.4, 0.5) is 11.6 Å². The van der Waals surface area contributed by atoms with Crippen LogP contribution in [0.2, 0.25) is 0 Å². The Morgan fingerprint density at radius 2 is 2.16 bits per heavy atom. The minimum absolute atomic E-state index is 0.448. The van der Waals surface area contributed by atoms with Gasteiger partial charge in [0, 0.05) is 31.5 Å². The third-order valence-electron chi connectivity index (χ3n) is 4.65. The van der Waals surface area contributed by atoms with E-state index in [0.717, 1.165) is 44.0 Å². The monoisotopic (exact) mass is 337 g/mol. The van der Waals surface area contributed by atoms with E-state index in [9.17, 15) is 5.26 Å². The van der Waals surface area contributed by atoms with Crippen LogP contribution in [0, 0.1) is 11.3 Å². The van der Waals surface area contributed by atoms with Gasteiger partial charge in [0.05, 0.1) is 12.1 Å². The van der Waals surface area contributed by atoms with Gasteiger partial charge in [-0.15, -0.1) is 0 Å². The molecule has 0 unspecified atom stereocenters. The van der Waals surface area contributed by atoms with Crippen molar-refractivity contribution in [2.45, 2.75) is 31.8 Å². The number of nitriles is 1. The van der Waals surface area contributed by atoms with Crippen LogP contribution in [0.5, 0.6) is 0 Å². The van der Waals surface area contributed by atoms with Crippen molar-refractivity contribution in [2.75, 3.05) is 30.8 Å². The molecule has 7 nitrogen and oxygen atoms in total. The first-order chi connectivity index (χ1) is 12.2. The highest BCUT2D eigenvalue weighted by Gasteiger charge is 2.23. The van der Waals surface area contributed by atoms with Crippen LogP contribution < -0.4 is 10.6 Å². The van der Waals surface area contributed by atoms with E-state index in [2.05, 4.69) is 37.9 Å². The van der Waals surface area contributed by atoms with Gasteiger partial charge in [-0.2, -0.15) is 5.26 Å². The molecule has 25 heavy (non-hydrogen) atoms. The van der Waals surface area contributed by atoms with E-state index < -0.39 is 0 Å². The smallest absolute Gasteiger partial charge is 0.146 e. The van der Waals surface area contributed by atoms with Gasteiger partial charge in [-0.3, -0.25) is 4.90 Å². The fourth-order valence-electron chi connectivity index (χ4n) is 3.31. The lowest BCUT2D eigenvalue weighted by Gasteiger charge is -2.27. The molecule has 0 radical (unpaired) electrons. The van der Waals surface area contributed by atoms with Gasteiger partial charge in [0.25, 0.3) is 0 Å². The average Bonchev–Trinajstić information content (AvgIpc) is 2.88. The van der Waals surface area contributed by atoms with Crippen molar-refractivity contribution in [3.63, 3.8) is 0 Å².